The Kier molecular flexibility index (Phi) is 3.18. The number of thiophene rings is 1. The molecule has 7 heteroatoms. The van der Waals surface area contributed by atoms with Crippen LogP contribution in [0.5, 0.6) is 11.5 Å². The summed E-state index contributed by atoms with van der Waals surface area (Å²) in [5.41, 5.74) is 2.83. The molecule has 0 unspecified atom stereocenters. The molecule has 1 aliphatic carbocycles. The van der Waals surface area contributed by atoms with Gasteiger partial charge < -0.3 is 20.1 Å². The second-order valence-electron chi connectivity index (χ2n) is 6.19. The molecule has 2 N–H and O–H groups in total. The molecule has 0 saturated carbocycles. The number of carbonyl (C=O) groups is 1. The summed E-state index contributed by atoms with van der Waals surface area (Å²) in [6.07, 6.45) is 4.04. The zero-order valence-electron chi connectivity index (χ0n) is 12.8. The van der Waals surface area contributed by atoms with E-state index in [1.54, 1.807) is 17.4 Å². The summed E-state index contributed by atoms with van der Waals surface area (Å²) in [6.45, 7) is 0.196. The Bertz CT molecular complexity index is 864. The standard InChI is InChI=1S/C17H15ClN2O3S/c18-10-6-12-11(22-7-23-12)5-9(10)15-19-16(21)14-8-3-1-2-4-13(8)24-17(14)20-15/h5-6,15,20H,1-4,7H2,(H,19,21)/t15-/m1/s1. The van der Waals surface area contributed by atoms with E-state index in [-0.39, 0.29) is 18.9 Å². The van der Waals surface area contributed by atoms with Gasteiger partial charge in [-0.25, -0.2) is 0 Å². The summed E-state index contributed by atoms with van der Waals surface area (Å²) < 4.78 is 10.8. The lowest BCUT2D eigenvalue weighted by molar-refractivity contribution is 0.0935. The quantitative estimate of drug-likeness (QED) is 0.808. The Labute approximate surface area is 147 Å². The van der Waals surface area contributed by atoms with Gasteiger partial charge in [0.15, 0.2) is 11.5 Å². The number of amides is 1. The highest BCUT2D eigenvalue weighted by Gasteiger charge is 2.33. The van der Waals surface area contributed by atoms with Crippen LogP contribution >= 0.6 is 22.9 Å². The maximum Gasteiger partial charge on any atom is 0.256 e. The molecule has 24 heavy (non-hydrogen) atoms. The predicted octanol–water partition coefficient (Wildman–Crippen LogP) is 3.86. The highest BCUT2D eigenvalue weighted by Crippen LogP contribution is 2.44. The van der Waals surface area contributed by atoms with E-state index < -0.39 is 0 Å². The zero-order chi connectivity index (χ0) is 16.3. The Balaban J connectivity index is 1.54. The topological polar surface area (TPSA) is 59.6 Å². The van der Waals surface area contributed by atoms with Crippen LogP contribution in [-0.2, 0) is 12.8 Å². The molecule has 124 valence electrons. The minimum atomic E-state index is -0.368. The van der Waals surface area contributed by atoms with E-state index in [9.17, 15) is 4.79 Å². The first kappa shape index (κ1) is 14.4. The van der Waals surface area contributed by atoms with Gasteiger partial charge in [0.05, 0.1) is 10.6 Å². The van der Waals surface area contributed by atoms with Crippen LogP contribution in [0, 0.1) is 0 Å². The summed E-state index contributed by atoms with van der Waals surface area (Å²) in [7, 11) is 0. The molecule has 2 aliphatic heterocycles. The third kappa shape index (κ3) is 2.09. The molecule has 1 aromatic carbocycles. The number of benzene rings is 1. The van der Waals surface area contributed by atoms with E-state index in [2.05, 4.69) is 10.6 Å². The van der Waals surface area contributed by atoms with Crippen molar-refractivity contribution in [1.82, 2.24) is 5.32 Å². The van der Waals surface area contributed by atoms with Crippen LogP contribution in [0.15, 0.2) is 12.1 Å². The van der Waals surface area contributed by atoms with Crippen LogP contribution < -0.4 is 20.1 Å². The van der Waals surface area contributed by atoms with E-state index in [4.69, 9.17) is 21.1 Å². The van der Waals surface area contributed by atoms with Crippen molar-refractivity contribution >= 4 is 33.8 Å². The van der Waals surface area contributed by atoms with E-state index in [1.807, 2.05) is 6.07 Å². The summed E-state index contributed by atoms with van der Waals surface area (Å²) in [5, 5.41) is 7.96. The predicted molar refractivity (Wildman–Crippen MR) is 92.4 cm³/mol. The van der Waals surface area contributed by atoms with Crippen molar-refractivity contribution in [3.63, 3.8) is 0 Å². The molecule has 3 heterocycles. The minimum Gasteiger partial charge on any atom is -0.454 e. The maximum atomic E-state index is 12.7. The first-order valence-corrected chi connectivity index (χ1v) is 9.21. The van der Waals surface area contributed by atoms with Crippen LogP contribution in [0.25, 0.3) is 0 Å². The van der Waals surface area contributed by atoms with Gasteiger partial charge in [-0.3, -0.25) is 4.79 Å². The maximum absolute atomic E-state index is 12.7. The van der Waals surface area contributed by atoms with Gasteiger partial charge in [0.1, 0.15) is 11.2 Å². The number of ether oxygens (including phenoxy) is 2. The lowest BCUT2D eigenvalue weighted by Gasteiger charge is -2.27. The van der Waals surface area contributed by atoms with Crippen LogP contribution in [0.3, 0.4) is 0 Å². The summed E-state index contributed by atoms with van der Waals surface area (Å²) >= 11 is 8.09. The summed E-state index contributed by atoms with van der Waals surface area (Å²) in [5.74, 6) is 1.27. The molecule has 5 rings (SSSR count). The largest absolute Gasteiger partial charge is 0.454 e. The molecule has 1 atom stereocenters. The van der Waals surface area contributed by atoms with Crippen molar-refractivity contribution < 1.29 is 14.3 Å². The number of halogens is 1. The lowest BCUT2D eigenvalue weighted by atomic mass is 9.94. The molecule has 2 aromatic rings. The molecular formula is C17H15ClN2O3S. The highest BCUT2D eigenvalue weighted by atomic mass is 35.5. The summed E-state index contributed by atoms with van der Waals surface area (Å²) in [4.78, 5) is 14.0. The molecule has 1 amide bonds. The van der Waals surface area contributed by atoms with Crippen molar-refractivity contribution in [3.8, 4) is 11.5 Å². The molecule has 0 spiro atoms. The molecule has 0 bridgehead atoms. The Hall–Kier alpha value is -1.92. The van der Waals surface area contributed by atoms with Gasteiger partial charge in [-0.2, -0.15) is 0 Å². The van der Waals surface area contributed by atoms with Crippen LogP contribution in [0.1, 0.15) is 45.4 Å². The van der Waals surface area contributed by atoms with Crippen molar-refractivity contribution in [2.75, 3.05) is 12.1 Å². The first-order chi connectivity index (χ1) is 11.7. The van der Waals surface area contributed by atoms with Crippen molar-refractivity contribution in [2.24, 2.45) is 0 Å². The van der Waals surface area contributed by atoms with Gasteiger partial charge >= 0.3 is 0 Å². The van der Waals surface area contributed by atoms with Crippen molar-refractivity contribution in [2.45, 2.75) is 31.8 Å². The zero-order valence-corrected chi connectivity index (χ0v) is 14.4. The number of carbonyl (C=O) groups excluding carboxylic acids is 1. The second kappa shape index (κ2) is 5.29. The lowest BCUT2D eigenvalue weighted by Crippen LogP contribution is -2.38. The molecule has 1 aromatic heterocycles. The third-order valence-electron chi connectivity index (χ3n) is 4.75. The van der Waals surface area contributed by atoms with E-state index in [0.29, 0.717) is 16.5 Å². The van der Waals surface area contributed by atoms with Crippen molar-refractivity contribution in [1.29, 1.82) is 0 Å². The van der Waals surface area contributed by atoms with Crippen LogP contribution in [0.4, 0.5) is 5.00 Å². The molecule has 0 saturated heterocycles. The van der Waals surface area contributed by atoms with Crippen molar-refractivity contribution in [3.05, 3.63) is 38.7 Å². The first-order valence-electron chi connectivity index (χ1n) is 8.01. The van der Waals surface area contributed by atoms with Gasteiger partial charge in [-0.1, -0.05) is 11.6 Å². The Morgan fingerprint density at radius 3 is 2.79 bits per heavy atom. The number of nitrogens with one attached hydrogen (secondary N) is 2. The molecule has 0 fully saturated rings. The molecule has 0 radical (unpaired) electrons. The molecule has 5 nitrogen and oxygen atoms in total. The minimum absolute atomic E-state index is 0.0260. The number of rotatable bonds is 1. The number of hydrogen-bond donors (Lipinski definition) is 2. The van der Waals surface area contributed by atoms with E-state index >= 15 is 0 Å². The average Bonchev–Trinajstić information content (AvgIpc) is 3.17. The van der Waals surface area contributed by atoms with Crippen LogP contribution in [0.2, 0.25) is 5.02 Å². The number of anilines is 1. The summed E-state index contributed by atoms with van der Waals surface area (Å²) in [6, 6.07) is 3.57. The van der Waals surface area contributed by atoms with Gasteiger partial charge in [0.25, 0.3) is 5.91 Å². The monoisotopic (exact) mass is 362 g/mol. The fraction of sp³-hybridized carbons (Fsp3) is 0.353. The van der Waals surface area contributed by atoms with Crippen LogP contribution in [-0.4, -0.2) is 12.7 Å². The van der Waals surface area contributed by atoms with E-state index in [1.165, 1.54) is 16.9 Å². The average molecular weight is 363 g/mol. The number of fused-ring (bicyclic) bond motifs is 4. The van der Waals surface area contributed by atoms with E-state index in [0.717, 1.165) is 35.4 Å². The Morgan fingerprint density at radius 2 is 1.92 bits per heavy atom. The molecule has 3 aliphatic rings. The highest BCUT2D eigenvalue weighted by molar-refractivity contribution is 7.16. The number of hydrogen-bond acceptors (Lipinski definition) is 5. The second-order valence-corrected chi connectivity index (χ2v) is 7.71. The van der Waals surface area contributed by atoms with Gasteiger partial charge in [0, 0.05) is 16.5 Å². The van der Waals surface area contributed by atoms with Gasteiger partial charge in [0.2, 0.25) is 6.79 Å². The van der Waals surface area contributed by atoms with Gasteiger partial charge in [-0.05, 0) is 37.3 Å². The Morgan fingerprint density at radius 1 is 1.12 bits per heavy atom. The normalized spacial score (nSPS) is 20.9. The third-order valence-corrected chi connectivity index (χ3v) is 6.30. The van der Waals surface area contributed by atoms with Gasteiger partial charge in [-0.15, -0.1) is 11.3 Å². The smallest absolute Gasteiger partial charge is 0.256 e. The number of aryl methyl sites for hydroxylation is 1. The SMILES string of the molecule is O=C1N[C@@H](c2cc3c(cc2Cl)OCO3)Nc2sc3c(c21)CCCC3. The molecular weight excluding hydrogens is 348 g/mol. The fourth-order valence-electron chi connectivity index (χ4n) is 3.59. The fourth-order valence-corrected chi connectivity index (χ4v) is 5.17.